The summed E-state index contributed by atoms with van der Waals surface area (Å²) in [5.74, 6) is -0.588. The van der Waals surface area contributed by atoms with E-state index in [9.17, 15) is 17.6 Å². The molecular formula is C27H25F4N3O. The quantitative estimate of drug-likeness (QED) is 0.429. The first-order valence-corrected chi connectivity index (χ1v) is 11.5. The number of rotatable bonds is 5. The molecule has 8 heteroatoms. The van der Waals surface area contributed by atoms with Gasteiger partial charge in [-0.05, 0) is 29.3 Å². The molecule has 2 heterocycles. The van der Waals surface area contributed by atoms with Crippen molar-refractivity contribution in [1.29, 1.82) is 0 Å². The van der Waals surface area contributed by atoms with Gasteiger partial charge in [-0.3, -0.25) is 4.90 Å². The van der Waals surface area contributed by atoms with Crippen LogP contribution in [0.2, 0.25) is 0 Å². The molecule has 1 fully saturated rings. The summed E-state index contributed by atoms with van der Waals surface area (Å²) >= 11 is 0. The molecule has 182 valence electrons. The standard InChI is InChI=1S/C27H25F4N3O/c28-24-9-5-4-8-23(24)25-22(19-33-14-16-35-17-15-33)18-32-34(25)26(27(29,30)31)12-10-21(11-13-26)20-6-2-1-3-7-20/h1-12,18H,13-17,19H2. The average molecular weight is 484 g/mol. The van der Waals surface area contributed by atoms with Crippen molar-refractivity contribution in [2.75, 3.05) is 26.3 Å². The van der Waals surface area contributed by atoms with Crippen LogP contribution in [-0.4, -0.2) is 47.2 Å². The van der Waals surface area contributed by atoms with Crippen molar-refractivity contribution in [2.45, 2.75) is 24.7 Å². The molecule has 1 saturated heterocycles. The van der Waals surface area contributed by atoms with E-state index < -0.39 is 17.5 Å². The third-order valence-corrected chi connectivity index (χ3v) is 6.62. The Hall–Kier alpha value is -3.23. The minimum Gasteiger partial charge on any atom is -0.379 e. The Morgan fingerprint density at radius 3 is 2.34 bits per heavy atom. The first kappa shape index (κ1) is 23.5. The summed E-state index contributed by atoms with van der Waals surface area (Å²) in [5, 5.41) is 4.25. The lowest BCUT2D eigenvalue weighted by Gasteiger charge is -2.36. The molecule has 2 aliphatic rings. The van der Waals surface area contributed by atoms with Gasteiger partial charge in [0, 0.05) is 37.2 Å². The summed E-state index contributed by atoms with van der Waals surface area (Å²) in [5.41, 5.74) is -0.101. The van der Waals surface area contributed by atoms with Gasteiger partial charge in [0.05, 0.1) is 25.1 Å². The molecule has 2 aromatic carbocycles. The highest BCUT2D eigenvalue weighted by Gasteiger charge is 2.56. The molecule has 1 aromatic heterocycles. The lowest BCUT2D eigenvalue weighted by molar-refractivity contribution is -0.199. The van der Waals surface area contributed by atoms with Gasteiger partial charge >= 0.3 is 6.18 Å². The first-order chi connectivity index (χ1) is 16.9. The molecule has 0 radical (unpaired) electrons. The molecule has 4 nitrogen and oxygen atoms in total. The number of ether oxygens (including phenoxy) is 1. The van der Waals surface area contributed by atoms with Crippen LogP contribution >= 0.6 is 0 Å². The maximum Gasteiger partial charge on any atom is 0.417 e. The van der Waals surface area contributed by atoms with Crippen LogP contribution in [-0.2, 0) is 16.8 Å². The minimum absolute atomic E-state index is 0.100. The molecule has 0 saturated carbocycles. The topological polar surface area (TPSA) is 30.3 Å². The van der Waals surface area contributed by atoms with Gasteiger partial charge in [-0.15, -0.1) is 0 Å². The predicted molar refractivity (Wildman–Crippen MR) is 126 cm³/mol. The predicted octanol–water partition coefficient (Wildman–Crippen LogP) is 5.82. The number of benzene rings is 2. The van der Waals surface area contributed by atoms with Crippen LogP contribution < -0.4 is 0 Å². The summed E-state index contributed by atoms with van der Waals surface area (Å²) in [6.45, 7) is 2.75. The molecule has 3 aromatic rings. The third-order valence-electron chi connectivity index (χ3n) is 6.62. The Kier molecular flexibility index (Phi) is 6.34. The molecule has 0 N–H and O–H groups in total. The molecule has 35 heavy (non-hydrogen) atoms. The van der Waals surface area contributed by atoms with Gasteiger partial charge in [-0.25, -0.2) is 9.07 Å². The summed E-state index contributed by atoms with van der Waals surface area (Å²) in [4.78, 5) is 2.08. The van der Waals surface area contributed by atoms with E-state index in [1.165, 1.54) is 30.5 Å². The zero-order chi connectivity index (χ0) is 24.5. The van der Waals surface area contributed by atoms with Crippen molar-refractivity contribution in [3.63, 3.8) is 0 Å². The van der Waals surface area contributed by atoms with Crippen molar-refractivity contribution >= 4 is 5.57 Å². The fraction of sp³-hybridized carbons (Fsp3) is 0.296. The van der Waals surface area contributed by atoms with E-state index in [1.807, 2.05) is 30.3 Å². The highest BCUT2D eigenvalue weighted by molar-refractivity contribution is 5.75. The van der Waals surface area contributed by atoms with E-state index in [0.717, 1.165) is 16.3 Å². The van der Waals surface area contributed by atoms with E-state index >= 15 is 0 Å². The van der Waals surface area contributed by atoms with E-state index in [1.54, 1.807) is 12.1 Å². The third kappa shape index (κ3) is 4.44. The zero-order valence-corrected chi connectivity index (χ0v) is 19.0. The van der Waals surface area contributed by atoms with Crippen molar-refractivity contribution in [3.05, 3.63) is 96.0 Å². The smallest absolute Gasteiger partial charge is 0.379 e. The highest BCUT2D eigenvalue weighted by Crippen LogP contribution is 2.47. The van der Waals surface area contributed by atoms with Crippen LogP contribution in [0.1, 0.15) is 17.5 Å². The Balaban J connectivity index is 1.62. The van der Waals surface area contributed by atoms with Gasteiger partial charge in [-0.1, -0.05) is 54.6 Å². The number of hydrogen-bond donors (Lipinski definition) is 0. The zero-order valence-electron chi connectivity index (χ0n) is 19.0. The Labute approximate surface area is 201 Å². The summed E-state index contributed by atoms with van der Waals surface area (Å²) in [6, 6.07) is 15.2. The number of hydrogen-bond acceptors (Lipinski definition) is 3. The van der Waals surface area contributed by atoms with Crippen molar-refractivity contribution in [3.8, 4) is 11.3 Å². The van der Waals surface area contributed by atoms with Gasteiger partial charge < -0.3 is 4.74 Å². The van der Waals surface area contributed by atoms with Crippen LogP contribution in [0.5, 0.6) is 0 Å². The first-order valence-electron chi connectivity index (χ1n) is 11.5. The van der Waals surface area contributed by atoms with Gasteiger partial charge in [-0.2, -0.15) is 18.3 Å². The number of morpholine rings is 1. The second kappa shape index (κ2) is 9.43. The van der Waals surface area contributed by atoms with E-state index in [0.29, 0.717) is 44.0 Å². The van der Waals surface area contributed by atoms with Gasteiger partial charge in [0.25, 0.3) is 0 Å². The molecular weight excluding hydrogens is 458 g/mol. The summed E-state index contributed by atoms with van der Waals surface area (Å²) in [6.07, 6.45) is 0.653. The van der Waals surface area contributed by atoms with Gasteiger partial charge in [0.15, 0.2) is 5.54 Å². The normalized spacial score (nSPS) is 21.2. The van der Waals surface area contributed by atoms with Gasteiger partial charge in [0.1, 0.15) is 5.82 Å². The van der Waals surface area contributed by atoms with Crippen LogP contribution in [0.3, 0.4) is 0 Å². The fourth-order valence-electron chi connectivity index (χ4n) is 4.70. The van der Waals surface area contributed by atoms with Crippen LogP contribution in [0.15, 0.2) is 79.0 Å². The molecule has 1 unspecified atom stereocenters. The number of nitrogens with zero attached hydrogens (tertiary/aromatic N) is 3. The lowest BCUT2D eigenvalue weighted by Crippen LogP contribution is -2.47. The maximum absolute atomic E-state index is 15.0. The van der Waals surface area contributed by atoms with E-state index in [4.69, 9.17) is 4.74 Å². The van der Waals surface area contributed by atoms with Crippen molar-refractivity contribution in [1.82, 2.24) is 14.7 Å². The van der Waals surface area contributed by atoms with E-state index in [2.05, 4.69) is 10.00 Å². The molecule has 1 aliphatic carbocycles. The van der Waals surface area contributed by atoms with Crippen molar-refractivity contribution < 1.29 is 22.3 Å². The fourth-order valence-corrected chi connectivity index (χ4v) is 4.70. The van der Waals surface area contributed by atoms with Crippen LogP contribution in [0.25, 0.3) is 16.8 Å². The van der Waals surface area contributed by atoms with E-state index in [-0.39, 0.29) is 17.7 Å². The van der Waals surface area contributed by atoms with Crippen LogP contribution in [0.4, 0.5) is 17.6 Å². The minimum atomic E-state index is -4.66. The monoisotopic (exact) mass is 483 g/mol. The molecule has 0 amide bonds. The molecule has 5 rings (SSSR count). The largest absolute Gasteiger partial charge is 0.417 e. The number of allylic oxidation sites excluding steroid dienone is 4. The molecule has 0 bridgehead atoms. The maximum atomic E-state index is 15.0. The average Bonchev–Trinajstić information content (AvgIpc) is 3.28. The van der Waals surface area contributed by atoms with Gasteiger partial charge in [0.2, 0.25) is 0 Å². The Bertz CT molecular complexity index is 1240. The molecule has 1 aliphatic heterocycles. The number of aromatic nitrogens is 2. The van der Waals surface area contributed by atoms with Crippen molar-refractivity contribution in [2.24, 2.45) is 0 Å². The Morgan fingerprint density at radius 2 is 1.69 bits per heavy atom. The summed E-state index contributed by atoms with van der Waals surface area (Å²) < 4.78 is 65.8. The highest BCUT2D eigenvalue weighted by atomic mass is 19.4. The van der Waals surface area contributed by atoms with Crippen LogP contribution in [0, 0.1) is 5.82 Å². The second-order valence-electron chi connectivity index (χ2n) is 8.78. The summed E-state index contributed by atoms with van der Waals surface area (Å²) in [7, 11) is 0. The molecule has 1 atom stereocenters. The number of alkyl halides is 3. The molecule has 0 spiro atoms. The Morgan fingerprint density at radius 1 is 0.971 bits per heavy atom. The SMILES string of the molecule is Fc1ccccc1-c1c(CN2CCOCC2)cnn1C1(C(F)(F)F)C=CC(c2ccccc2)=CC1. The lowest BCUT2D eigenvalue weighted by atomic mass is 9.85. The number of halogens is 4. The second-order valence-corrected chi connectivity index (χ2v) is 8.78.